The summed E-state index contributed by atoms with van der Waals surface area (Å²) >= 11 is 0. The van der Waals surface area contributed by atoms with Crippen molar-refractivity contribution in [2.24, 2.45) is 5.92 Å². The van der Waals surface area contributed by atoms with E-state index in [4.69, 9.17) is 9.84 Å². The van der Waals surface area contributed by atoms with E-state index >= 15 is 0 Å². The number of methoxy groups -OCH3 is 1. The zero-order chi connectivity index (χ0) is 14.1. The number of carboxylic acid groups (broad SMARTS) is 1. The Bertz CT molecular complexity index is 290. The fourth-order valence-corrected chi connectivity index (χ4v) is 2.25. The predicted molar refractivity (Wildman–Crippen MR) is 70.9 cm³/mol. The topological polar surface area (TPSA) is 87.7 Å². The van der Waals surface area contributed by atoms with E-state index in [0.717, 1.165) is 25.9 Å². The van der Waals surface area contributed by atoms with Crippen molar-refractivity contribution in [2.45, 2.75) is 38.1 Å². The van der Waals surface area contributed by atoms with Gasteiger partial charge in [0.25, 0.3) is 0 Å². The van der Waals surface area contributed by atoms with E-state index in [-0.39, 0.29) is 5.91 Å². The first-order valence-electron chi connectivity index (χ1n) is 6.85. The highest BCUT2D eigenvalue weighted by atomic mass is 16.5. The third-order valence-electron chi connectivity index (χ3n) is 3.42. The molecule has 0 bridgehead atoms. The van der Waals surface area contributed by atoms with Crippen LogP contribution in [0.1, 0.15) is 32.1 Å². The summed E-state index contributed by atoms with van der Waals surface area (Å²) in [6, 6.07) is -0.802. The van der Waals surface area contributed by atoms with Crippen LogP contribution in [0.5, 0.6) is 0 Å². The molecule has 2 unspecified atom stereocenters. The fraction of sp³-hybridized carbons (Fsp3) is 0.846. The van der Waals surface area contributed by atoms with Gasteiger partial charge in [-0.25, -0.2) is 4.79 Å². The molecular weight excluding hydrogens is 248 g/mol. The minimum atomic E-state index is -0.980. The van der Waals surface area contributed by atoms with Crippen LogP contribution in [0, 0.1) is 5.92 Å². The number of ether oxygens (including phenoxy) is 1. The highest BCUT2D eigenvalue weighted by Gasteiger charge is 2.21. The maximum Gasteiger partial charge on any atom is 0.326 e. The lowest BCUT2D eigenvalue weighted by Crippen LogP contribution is -2.41. The molecule has 1 saturated heterocycles. The van der Waals surface area contributed by atoms with Crippen LogP contribution in [-0.2, 0) is 14.3 Å². The van der Waals surface area contributed by atoms with Gasteiger partial charge in [0, 0.05) is 20.1 Å². The van der Waals surface area contributed by atoms with Crippen molar-refractivity contribution in [1.82, 2.24) is 10.6 Å². The lowest BCUT2D eigenvalue weighted by atomic mass is 10.0. The first-order chi connectivity index (χ1) is 9.13. The van der Waals surface area contributed by atoms with E-state index in [0.29, 0.717) is 31.8 Å². The summed E-state index contributed by atoms with van der Waals surface area (Å²) in [5.41, 5.74) is 0. The molecule has 1 aliphatic heterocycles. The Labute approximate surface area is 113 Å². The van der Waals surface area contributed by atoms with Crippen LogP contribution in [0.2, 0.25) is 0 Å². The van der Waals surface area contributed by atoms with Crippen molar-refractivity contribution in [3.05, 3.63) is 0 Å². The molecule has 0 aromatic carbocycles. The smallest absolute Gasteiger partial charge is 0.326 e. The summed E-state index contributed by atoms with van der Waals surface area (Å²) in [5, 5.41) is 14.9. The molecule has 1 rings (SSSR count). The molecule has 1 aliphatic rings. The molecule has 0 saturated carbocycles. The first-order valence-corrected chi connectivity index (χ1v) is 6.85. The average molecular weight is 272 g/mol. The Hall–Kier alpha value is -1.14. The SMILES string of the molecule is COCCCC(NC(=O)CCC1CCNC1)C(=O)O. The van der Waals surface area contributed by atoms with Crippen LogP contribution in [0.25, 0.3) is 0 Å². The number of carbonyl (C=O) groups is 2. The van der Waals surface area contributed by atoms with Crippen LogP contribution in [0.4, 0.5) is 0 Å². The molecule has 0 aliphatic carbocycles. The van der Waals surface area contributed by atoms with E-state index in [1.54, 1.807) is 7.11 Å². The fourth-order valence-electron chi connectivity index (χ4n) is 2.25. The van der Waals surface area contributed by atoms with Crippen molar-refractivity contribution in [2.75, 3.05) is 26.8 Å². The van der Waals surface area contributed by atoms with E-state index in [1.807, 2.05) is 0 Å². The van der Waals surface area contributed by atoms with Gasteiger partial charge in [-0.05, 0) is 44.7 Å². The highest BCUT2D eigenvalue weighted by molar-refractivity contribution is 5.83. The third-order valence-corrected chi connectivity index (χ3v) is 3.42. The summed E-state index contributed by atoms with van der Waals surface area (Å²) in [6.45, 7) is 2.48. The number of nitrogens with one attached hydrogen (secondary N) is 2. The van der Waals surface area contributed by atoms with Gasteiger partial charge >= 0.3 is 5.97 Å². The standard InChI is InChI=1S/C13H24N2O4/c1-19-8-2-3-11(13(17)18)15-12(16)5-4-10-6-7-14-9-10/h10-11,14H,2-9H2,1H3,(H,15,16)(H,17,18). The zero-order valence-corrected chi connectivity index (χ0v) is 11.5. The molecule has 110 valence electrons. The Balaban J connectivity index is 2.23. The van der Waals surface area contributed by atoms with Gasteiger partial charge in [0.05, 0.1) is 0 Å². The lowest BCUT2D eigenvalue weighted by molar-refractivity contribution is -0.142. The van der Waals surface area contributed by atoms with E-state index in [9.17, 15) is 9.59 Å². The normalized spacial score (nSPS) is 20.2. The molecule has 0 radical (unpaired) electrons. The Morgan fingerprint density at radius 3 is 2.89 bits per heavy atom. The number of aliphatic carboxylic acids is 1. The number of carboxylic acids is 1. The van der Waals surface area contributed by atoms with E-state index in [1.165, 1.54) is 0 Å². The number of carbonyl (C=O) groups excluding carboxylic acids is 1. The molecule has 1 fully saturated rings. The van der Waals surface area contributed by atoms with Gasteiger partial charge in [0.1, 0.15) is 6.04 Å². The molecule has 0 aromatic rings. The Morgan fingerprint density at radius 1 is 1.53 bits per heavy atom. The summed E-state index contributed by atoms with van der Waals surface area (Å²) in [5.74, 6) is -0.605. The minimum Gasteiger partial charge on any atom is -0.480 e. The quantitative estimate of drug-likeness (QED) is 0.528. The summed E-state index contributed by atoms with van der Waals surface area (Å²) in [4.78, 5) is 22.7. The maximum absolute atomic E-state index is 11.7. The van der Waals surface area contributed by atoms with Crippen LogP contribution in [0.3, 0.4) is 0 Å². The van der Waals surface area contributed by atoms with Gasteiger partial charge in [-0.1, -0.05) is 0 Å². The van der Waals surface area contributed by atoms with Crippen LogP contribution < -0.4 is 10.6 Å². The molecule has 3 N–H and O–H groups in total. The second kappa shape index (κ2) is 8.87. The Kier molecular flexibility index (Phi) is 7.43. The maximum atomic E-state index is 11.7. The monoisotopic (exact) mass is 272 g/mol. The zero-order valence-electron chi connectivity index (χ0n) is 11.5. The van der Waals surface area contributed by atoms with E-state index < -0.39 is 12.0 Å². The van der Waals surface area contributed by atoms with Crippen LogP contribution in [-0.4, -0.2) is 49.8 Å². The molecule has 6 nitrogen and oxygen atoms in total. The molecular formula is C13H24N2O4. The second-order valence-electron chi connectivity index (χ2n) is 4.99. The van der Waals surface area contributed by atoms with Gasteiger partial charge in [-0.15, -0.1) is 0 Å². The van der Waals surface area contributed by atoms with Crippen molar-refractivity contribution >= 4 is 11.9 Å². The van der Waals surface area contributed by atoms with Crippen molar-refractivity contribution in [3.8, 4) is 0 Å². The van der Waals surface area contributed by atoms with Gasteiger partial charge in [0.15, 0.2) is 0 Å². The van der Waals surface area contributed by atoms with Gasteiger partial charge in [-0.2, -0.15) is 0 Å². The summed E-state index contributed by atoms with van der Waals surface area (Å²) in [6.07, 6.45) is 3.35. The van der Waals surface area contributed by atoms with Crippen molar-refractivity contribution in [1.29, 1.82) is 0 Å². The summed E-state index contributed by atoms with van der Waals surface area (Å²) in [7, 11) is 1.57. The molecule has 1 amide bonds. The van der Waals surface area contributed by atoms with Gasteiger partial charge < -0.3 is 20.5 Å². The molecule has 0 aromatic heterocycles. The molecule has 19 heavy (non-hydrogen) atoms. The molecule has 2 atom stereocenters. The number of rotatable bonds is 9. The van der Waals surface area contributed by atoms with Crippen molar-refractivity contribution < 1.29 is 19.4 Å². The number of hydrogen-bond acceptors (Lipinski definition) is 4. The first kappa shape index (κ1) is 15.9. The van der Waals surface area contributed by atoms with Crippen LogP contribution in [0.15, 0.2) is 0 Å². The van der Waals surface area contributed by atoms with Gasteiger partial charge in [-0.3, -0.25) is 4.79 Å². The average Bonchev–Trinajstić information content (AvgIpc) is 2.88. The molecule has 6 heteroatoms. The Morgan fingerprint density at radius 2 is 2.32 bits per heavy atom. The largest absolute Gasteiger partial charge is 0.480 e. The summed E-state index contributed by atoms with van der Waals surface area (Å²) < 4.78 is 4.88. The van der Waals surface area contributed by atoms with Crippen LogP contribution >= 0.6 is 0 Å². The molecule has 0 spiro atoms. The van der Waals surface area contributed by atoms with E-state index in [2.05, 4.69) is 10.6 Å². The molecule has 1 heterocycles. The highest BCUT2D eigenvalue weighted by Crippen LogP contribution is 2.14. The van der Waals surface area contributed by atoms with Gasteiger partial charge in [0.2, 0.25) is 5.91 Å². The predicted octanol–water partition coefficient (Wildman–Crippen LogP) is 0.372. The second-order valence-corrected chi connectivity index (χ2v) is 4.99. The lowest BCUT2D eigenvalue weighted by Gasteiger charge is -2.15. The minimum absolute atomic E-state index is 0.170. The number of hydrogen-bond donors (Lipinski definition) is 3. The third kappa shape index (κ3) is 6.54. The number of amides is 1. The van der Waals surface area contributed by atoms with Crippen molar-refractivity contribution in [3.63, 3.8) is 0 Å².